The molecule has 1 aliphatic heterocycles. The number of rotatable bonds is 4. The molecule has 0 bridgehead atoms. The largest absolute Gasteiger partial charge is 0.491 e. The zero-order valence-electron chi connectivity index (χ0n) is 11.2. The van der Waals surface area contributed by atoms with Crippen LogP contribution in [-0.4, -0.2) is 50.2 Å². The van der Waals surface area contributed by atoms with Crippen molar-refractivity contribution >= 4 is 11.5 Å². The fourth-order valence-corrected chi connectivity index (χ4v) is 2.21. The number of nitrogens with zero attached hydrogens (tertiary/aromatic N) is 2. The van der Waals surface area contributed by atoms with Crippen LogP contribution in [-0.2, 0) is 0 Å². The molecule has 1 aromatic carbocycles. The van der Waals surface area contributed by atoms with Gasteiger partial charge in [0.25, 0.3) is 0 Å². The maximum absolute atomic E-state index is 12.0. The van der Waals surface area contributed by atoms with E-state index in [1.165, 1.54) is 0 Å². The minimum absolute atomic E-state index is 0.108. The Morgan fingerprint density at radius 2 is 1.84 bits per heavy atom. The highest BCUT2D eigenvalue weighted by atomic mass is 19.1. The zero-order valence-corrected chi connectivity index (χ0v) is 11.2. The molecule has 0 radical (unpaired) electrons. The molecule has 104 valence electrons. The number of anilines is 1. The van der Waals surface area contributed by atoms with Crippen LogP contribution in [0.4, 0.5) is 10.1 Å². The van der Waals surface area contributed by atoms with Gasteiger partial charge in [0.15, 0.2) is 0 Å². The van der Waals surface area contributed by atoms with Crippen molar-refractivity contribution in [2.24, 2.45) is 0 Å². The van der Waals surface area contributed by atoms with Gasteiger partial charge in [0.05, 0.1) is 5.84 Å². The minimum atomic E-state index is -0.466. The van der Waals surface area contributed by atoms with E-state index >= 15 is 0 Å². The van der Waals surface area contributed by atoms with E-state index in [2.05, 4.69) is 9.80 Å². The number of piperazine rings is 1. The predicted molar refractivity (Wildman–Crippen MR) is 75.1 cm³/mol. The highest BCUT2D eigenvalue weighted by Gasteiger charge is 2.17. The topological polar surface area (TPSA) is 39.6 Å². The lowest BCUT2D eigenvalue weighted by Crippen LogP contribution is -2.47. The smallest absolute Gasteiger partial charge is 0.123 e. The van der Waals surface area contributed by atoms with Crippen molar-refractivity contribution in [3.05, 3.63) is 24.3 Å². The summed E-state index contributed by atoms with van der Waals surface area (Å²) < 4.78 is 17.2. The van der Waals surface area contributed by atoms with E-state index < -0.39 is 6.67 Å². The van der Waals surface area contributed by atoms with Crippen LogP contribution in [0.2, 0.25) is 0 Å². The van der Waals surface area contributed by atoms with Crippen LogP contribution < -0.4 is 9.64 Å². The lowest BCUT2D eigenvalue weighted by atomic mass is 10.2. The van der Waals surface area contributed by atoms with Gasteiger partial charge in [0.2, 0.25) is 0 Å². The first-order chi connectivity index (χ1) is 9.20. The van der Waals surface area contributed by atoms with E-state index in [1.807, 2.05) is 31.2 Å². The molecule has 4 nitrogen and oxygen atoms in total. The fraction of sp³-hybridized carbons (Fsp3) is 0.500. The predicted octanol–water partition coefficient (Wildman–Crippen LogP) is 2.15. The SMILES string of the molecule is CC(=N)N1CCN(c2ccc(OCCF)cc2)CC1. The Morgan fingerprint density at radius 1 is 1.21 bits per heavy atom. The average molecular weight is 265 g/mol. The quantitative estimate of drug-likeness (QED) is 0.670. The lowest BCUT2D eigenvalue weighted by Gasteiger charge is -2.36. The Morgan fingerprint density at radius 3 is 2.37 bits per heavy atom. The molecule has 19 heavy (non-hydrogen) atoms. The summed E-state index contributed by atoms with van der Waals surface area (Å²) in [5, 5.41) is 7.61. The Hall–Kier alpha value is -1.78. The van der Waals surface area contributed by atoms with Crippen molar-refractivity contribution in [2.45, 2.75) is 6.92 Å². The Labute approximate surface area is 113 Å². The Balaban J connectivity index is 1.90. The number of halogens is 1. The number of amidine groups is 1. The van der Waals surface area contributed by atoms with Crippen LogP contribution in [0.3, 0.4) is 0 Å². The number of nitrogens with one attached hydrogen (secondary N) is 1. The summed E-state index contributed by atoms with van der Waals surface area (Å²) in [5.41, 5.74) is 1.15. The summed E-state index contributed by atoms with van der Waals surface area (Å²) in [5.74, 6) is 1.34. The van der Waals surface area contributed by atoms with Gasteiger partial charge in [-0.3, -0.25) is 5.41 Å². The summed E-state index contributed by atoms with van der Waals surface area (Å²) >= 11 is 0. The number of benzene rings is 1. The highest BCUT2D eigenvalue weighted by molar-refractivity contribution is 5.76. The van der Waals surface area contributed by atoms with E-state index in [-0.39, 0.29) is 6.61 Å². The van der Waals surface area contributed by atoms with Gasteiger partial charge in [0, 0.05) is 31.9 Å². The monoisotopic (exact) mass is 265 g/mol. The van der Waals surface area contributed by atoms with Gasteiger partial charge >= 0.3 is 0 Å². The molecule has 0 atom stereocenters. The van der Waals surface area contributed by atoms with E-state index in [4.69, 9.17) is 10.1 Å². The Kier molecular flexibility index (Phi) is 4.60. The summed E-state index contributed by atoms with van der Waals surface area (Å²) in [6.07, 6.45) is 0. The first kappa shape index (κ1) is 13.6. The summed E-state index contributed by atoms with van der Waals surface area (Å²) in [6, 6.07) is 7.75. The minimum Gasteiger partial charge on any atom is -0.491 e. The molecule has 0 spiro atoms. The van der Waals surface area contributed by atoms with Crippen LogP contribution in [0.15, 0.2) is 24.3 Å². The van der Waals surface area contributed by atoms with Gasteiger partial charge < -0.3 is 14.5 Å². The Bertz CT molecular complexity index is 413. The molecule has 2 rings (SSSR count). The van der Waals surface area contributed by atoms with Crippen molar-refractivity contribution in [1.29, 1.82) is 5.41 Å². The first-order valence-corrected chi connectivity index (χ1v) is 6.54. The summed E-state index contributed by atoms with van der Waals surface area (Å²) in [7, 11) is 0. The average Bonchev–Trinajstić information content (AvgIpc) is 2.46. The van der Waals surface area contributed by atoms with Gasteiger partial charge in [-0.2, -0.15) is 0 Å². The second kappa shape index (κ2) is 6.41. The fourth-order valence-electron chi connectivity index (χ4n) is 2.21. The number of hydrogen-bond acceptors (Lipinski definition) is 3. The van der Waals surface area contributed by atoms with Crippen LogP contribution >= 0.6 is 0 Å². The van der Waals surface area contributed by atoms with E-state index in [9.17, 15) is 4.39 Å². The molecule has 1 saturated heterocycles. The van der Waals surface area contributed by atoms with E-state index in [0.717, 1.165) is 31.9 Å². The molecule has 1 N–H and O–H groups in total. The molecule has 1 heterocycles. The highest BCUT2D eigenvalue weighted by Crippen LogP contribution is 2.20. The van der Waals surface area contributed by atoms with Gasteiger partial charge in [-0.15, -0.1) is 0 Å². The maximum atomic E-state index is 12.0. The second-order valence-corrected chi connectivity index (χ2v) is 4.59. The van der Waals surface area contributed by atoms with Crippen LogP contribution in [0.1, 0.15) is 6.92 Å². The molecule has 1 aliphatic rings. The summed E-state index contributed by atoms with van der Waals surface area (Å²) in [4.78, 5) is 4.37. The molecule has 0 amide bonds. The normalized spacial score (nSPS) is 15.5. The standard InChI is InChI=1S/C14H20FN3O/c1-12(16)17-7-9-18(10-8-17)13-2-4-14(5-3-13)19-11-6-15/h2-5,16H,6-11H2,1H3. The summed E-state index contributed by atoms with van der Waals surface area (Å²) in [6.45, 7) is 5.07. The van der Waals surface area contributed by atoms with Crippen LogP contribution in [0.25, 0.3) is 0 Å². The van der Waals surface area contributed by atoms with E-state index in [1.54, 1.807) is 0 Å². The molecular formula is C14H20FN3O. The van der Waals surface area contributed by atoms with Gasteiger partial charge in [-0.25, -0.2) is 4.39 Å². The van der Waals surface area contributed by atoms with Crippen molar-refractivity contribution in [2.75, 3.05) is 44.4 Å². The number of alkyl halides is 1. The number of ether oxygens (including phenoxy) is 1. The van der Waals surface area contributed by atoms with Crippen LogP contribution in [0, 0.1) is 5.41 Å². The maximum Gasteiger partial charge on any atom is 0.123 e. The van der Waals surface area contributed by atoms with Crippen LogP contribution in [0.5, 0.6) is 5.75 Å². The molecule has 0 aliphatic carbocycles. The second-order valence-electron chi connectivity index (χ2n) is 4.59. The third kappa shape index (κ3) is 3.59. The van der Waals surface area contributed by atoms with Crippen molar-refractivity contribution in [1.82, 2.24) is 4.90 Å². The molecule has 1 fully saturated rings. The molecule has 0 aromatic heterocycles. The molecule has 0 unspecified atom stereocenters. The van der Waals surface area contributed by atoms with E-state index in [0.29, 0.717) is 11.6 Å². The molecule has 0 saturated carbocycles. The molecular weight excluding hydrogens is 245 g/mol. The van der Waals surface area contributed by atoms with Gasteiger partial charge in [-0.05, 0) is 31.2 Å². The third-order valence-corrected chi connectivity index (χ3v) is 3.30. The first-order valence-electron chi connectivity index (χ1n) is 6.54. The van der Waals surface area contributed by atoms with Crippen molar-refractivity contribution < 1.29 is 9.13 Å². The van der Waals surface area contributed by atoms with Crippen molar-refractivity contribution in [3.8, 4) is 5.75 Å². The van der Waals surface area contributed by atoms with Gasteiger partial charge in [-0.1, -0.05) is 0 Å². The zero-order chi connectivity index (χ0) is 13.7. The molecule has 1 aromatic rings. The van der Waals surface area contributed by atoms with Crippen molar-refractivity contribution in [3.63, 3.8) is 0 Å². The third-order valence-electron chi connectivity index (χ3n) is 3.30. The van der Waals surface area contributed by atoms with Gasteiger partial charge in [0.1, 0.15) is 19.0 Å². The number of hydrogen-bond donors (Lipinski definition) is 1. The lowest BCUT2D eigenvalue weighted by molar-refractivity contribution is 0.273. The molecule has 5 heteroatoms.